The van der Waals surface area contributed by atoms with Gasteiger partial charge in [0, 0.05) is 12.5 Å². The fourth-order valence-electron chi connectivity index (χ4n) is 2.92. The van der Waals surface area contributed by atoms with Crippen LogP contribution in [0.25, 0.3) is 5.69 Å². The fourth-order valence-corrected chi connectivity index (χ4v) is 2.92. The third kappa shape index (κ3) is 2.85. The highest BCUT2D eigenvalue weighted by Crippen LogP contribution is 2.13. The predicted octanol–water partition coefficient (Wildman–Crippen LogP) is 0.667. The van der Waals surface area contributed by atoms with Gasteiger partial charge in [-0.25, -0.2) is 9.67 Å². The molecule has 0 amide bonds. The summed E-state index contributed by atoms with van der Waals surface area (Å²) in [5.41, 5.74) is 0.965. The molecule has 1 N–H and O–H groups in total. The van der Waals surface area contributed by atoms with E-state index in [1.807, 2.05) is 41.9 Å². The Morgan fingerprint density at radius 2 is 2.13 bits per heavy atom. The standard InChI is InChI=1S/C15H18N8/c1-11-17-14-8-7-12(10-22(14)19-11)16-9-15-18-20-21-23(15)13-5-3-2-4-6-13/h2-6,12,16H,7-10H2,1H3/t12-/m0/s1. The van der Waals surface area contributed by atoms with Crippen LogP contribution in [0.1, 0.15) is 23.9 Å². The van der Waals surface area contributed by atoms with E-state index in [1.54, 1.807) is 4.68 Å². The number of para-hydroxylation sites is 1. The molecule has 0 radical (unpaired) electrons. The van der Waals surface area contributed by atoms with Crippen molar-refractivity contribution in [2.45, 2.75) is 38.9 Å². The Kier molecular flexibility index (Phi) is 3.58. The lowest BCUT2D eigenvalue weighted by molar-refractivity contribution is 0.354. The van der Waals surface area contributed by atoms with Crippen LogP contribution in [-0.4, -0.2) is 41.0 Å². The molecule has 0 saturated carbocycles. The Morgan fingerprint density at radius 3 is 3.00 bits per heavy atom. The summed E-state index contributed by atoms with van der Waals surface area (Å²) in [6.45, 7) is 3.39. The zero-order valence-corrected chi connectivity index (χ0v) is 12.9. The van der Waals surface area contributed by atoms with Gasteiger partial charge in [0.25, 0.3) is 0 Å². The molecule has 3 aromatic rings. The van der Waals surface area contributed by atoms with Gasteiger partial charge in [0.2, 0.25) is 0 Å². The molecule has 0 unspecified atom stereocenters. The quantitative estimate of drug-likeness (QED) is 0.762. The minimum absolute atomic E-state index is 0.351. The lowest BCUT2D eigenvalue weighted by Crippen LogP contribution is -2.38. The number of benzene rings is 1. The van der Waals surface area contributed by atoms with Gasteiger partial charge in [-0.05, 0) is 35.9 Å². The van der Waals surface area contributed by atoms with Crippen LogP contribution in [0.3, 0.4) is 0 Å². The summed E-state index contributed by atoms with van der Waals surface area (Å²) in [6.07, 6.45) is 1.99. The van der Waals surface area contributed by atoms with E-state index in [0.29, 0.717) is 12.6 Å². The van der Waals surface area contributed by atoms with Gasteiger partial charge in [-0.2, -0.15) is 9.78 Å². The first-order valence-corrected chi connectivity index (χ1v) is 7.76. The van der Waals surface area contributed by atoms with Crippen molar-refractivity contribution in [1.82, 2.24) is 40.3 Å². The highest BCUT2D eigenvalue weighted by atomic mass is 15.5. The van der Waals surface area contributed by atoms with Crippen LogP contribution in [0.5, 0.6) is 0 Å². The van der Waals surface area contributed by atoms with Crippen LogP contribution < -0.4 is 5.32 Å². The molecule has 0 bridgehead atoms. The molecule has 1 aliphatic rings. The topological polar surface area (TPSA) is 86.3 Å². The number of fused-ring (bicyclic) bond motifs is 1. The Morgan fingerprint density at radius 1 is 1.26 bits per heavy atom. The highest BCUT2D eigenvalue weighted by molar-refractivity contribution is 5.30. The van der Waals surface area contributed by atoms with Crippen molar-refractivity contribution < 1.29 is 0 Å². The van der Waals surface area contributed by atoms with Crippen LogP contribution in [-0.2, 0) is 19.5 Å². The van der Waals surface area contributed by atoms with E-state index < -0.39 is 0 Å². The molecule has 3 heterocycles. The van der Waals surface area contributed by atoms with Crippen LogP contribution in [0.15, 0.2) is 30.3 Å². The number of nitrogens with one attached hydrogen (secondary N) is 1. The Hall–Kier alpha value is -2.61. The first-order chi connectivity index (χ1) is 11.3. The van der Waals surface area contributed by atoms with E-state index in [0.717, 1.165) is 42.5 Å². The van der Waals surface area contributed by atoms with Gasteiger partial charge in [-0.1, -0.05) is 18.2 Å². The van der Waals surface area contributed by atoms with Gasteiger partial charge >= 0.3 is 0 Å². The zero-order chi connectivity index (χ0) is 15.6. The van der Waals surface area contributed by atoms with E-state index in [9.17, 15) is 0 Å². The smallest absolute Gasteiger partial charge is 0.170 e. The van der Waals surface area contributed by atoms with Crippen molar-refractivity contribution in [2.24, 2.45) is 0 Å². The largest absolute Gasteiger partial charge is 0.305 e. The lowest BCUT2D eigenvalue weighted by Gasteiger charge is -2.23. The fraction of sp³-hybridized carbons (Fsp3) is 0.400. The first-order valence-electron chi connectivity index (χ1n) is 7.76. The summed E-state index contributed by atoms with van der Waals surface area (Å²) in [5.74, 6) is 2.72. The van der Waals surface area contributed by atoms with Gasteiger partial charge < -0.3 is 5.32 Å². The summed E-state index contributed by atoms with van der Waals surface area (Å²) in [7, 11) is 0. The van der Waals surface area contributed by atoms with Crippen LogP contribution in [0, 0.1) is 6.92 Å². The Labute approximate surface area is 133 Å². The maximum atomic E-state index is 4.44. The van der Waals surface area contributed by atoms with E-state index in [2.05, 4.69) is 30.9 Å². The maximum absolute atomic E-state index is 4.44. The second-order valence-electron chi connectivity index (χ2n) is 5.72. The minimum atomic E-state index is 0.351. The summed E-state index contributed by atoms with van der Waals surface area (Å²) in [6, 6.07) is 10.3. The number of rotatable bonds is 4. The van der Waals surface area contributed by atoms with Gasteiger partial charge in [-0.15, -0.1) is 5.10 Å². The molecular formula is C15H18N8. The molecule has 0 fully saturated rings. The highest BCUT2D eigenvalue weighted by Gasteiger charge is 2.21. The number of aryl methyl sites for hydroxylation is 2. The van der Waals surface area contributed by atoms with Gasteiger partial charge in [0.1, 0.15) is 11.6 Å². The lowest BCUT2D eigenvalue weighted by atomic mass is 10.1. The second-order valence-corrected chi connectivity index (χ2v) is 5.72. The molecule has 0 aliphatic carbocycles. The zero-order valence-electron chi connectivity index (χ0n) is 12.9. The molecule has 1 aromatic carbocycles. The molecule has 118 valence electrons. The number of aromatic nitrogens is 7. The second kappa shape index (κ2) is 5.88. The molecular weight excluding hydrogens is 292 g/mol. The molecule has 0 saturated heterocycles. The van der Waals surface area contributed by atoms with Gasteiger partial charge in [0.05, 0.1) is 18.8 Å². The molecule has 1 atom stereocenters. The van der Waals surface area contributed by atoms with Crippen molar-refractivity contribution in [1.29, 1.82) is 0 Å². The average molecular weight is 310 g/mol. The van der Waals surface area contributed by atoms with Crippen molar-refractivity contribution in [3.8, 4) is 5.69 Å². The Bertz CT molecular complexity index is 791. The van der Waals surface area contributed by atoms with Crippen LogP contribution >= 0.6 is 0 Å². The van der Waals surface area contributed by atoms with Crippen LogP contribution in [0.4, 0.5) is 0 Å². The summed E-state index contributed by atoms with van der Waals surface area (Å²) in [5, 5.41) is 20.0. The molecule has 23 heavy (non-hydrogen) atoms. The Balaban J connectivity index is 1.44. The van der Waals surface area contributed by atoms with Crippen molar-refractivity contribution in [2.75, 3.05) is 0 Å². The van der Waals surface area contributed by atoms with Gasteiger partial charge in [0.15, 0.2) is 5.82 Å². The minimum Gasteiger partial charge on any atom is -0.305 e. The maximum Gasteiger partial charge on any atom is 0.170 e. The third-order valence-corrected chi connectivity index (χ3v) is 4.05. The molecule has 1 aliphatic heterocycles. The number of hydrogen-bond donors (Lipinski definition) is 1. The SMILES string of the molecule is Cc1nc2n(n1)C[C@@H](NCc1nnnn1-c1ccccc1)CC2. The van der Waals surface area contributed by atoms with E-state index >= 15 is 0 Å². The van der Waals surface area contributed by atoms with Gasteiger partial charge in [-0.3, -0.25) is 0 Å². The van der Waals surface area contributed by atoms with E-state index in [4.69, 9.17) is 0 Å². The van der Waals surface area contributed by atoms with E-state index in [-0.39, 0.29) is 0 Å². The summed E-state index contributed by atoms with van der Waals surface area (Å²) >= 11 is 0. The average Bonchev–Trinajstić information content (AvgIpc) is 3.18. The molecule has 2 aromatic heterocycles. The van der Waals surface area contributed by atoms with Crippen LogP contribution in [0.2, 0.25) is 0 Å². The number of tetrazole rings is 1. The predicted molar refractivity (Wildman–Crippen MR) is 82.9 cm³/mol. The van der Waals surface area contributed by atoms with Crippen molar-refractivity contribution in [3.63, 3.8) is 0 Å². The number of nitrogens with zero attached hydrogens (tertiary/aromatic N) is 7. The van der Waals surface area contributed by atoms with Crippen molar-refractivity contribution in [3.05, 3.63) is 47.8 Å². The monoisotopic (exact) mass is 310 g/mol. The first kappa shape index (κ1) is 14.0. The third-order valence-electron chi connectivity index (χ3n) is 4.05. The summed E-state index contributed by atoms with van der Waals surface area (Å²) in [4.78, 5) is 4.44. The van der Waals surface area contributed by atoms with E-state index in [1.165, 1.54) is 0 Å². The molecule has 4 rings (SSSR count). The molecule has 8 heteroatoms. The van der Waals surface area contributed by atoms with Crippen molar-refractivity contribution >= 4 is 0 Å². The normalized spacial score (nSPS) is 17.2. The summed E-state index contributed by atoms with van der Waals surface area (Å²) < 4.78 is 3.76. The molecule has 8 nitrogen and oxygen atoms in total. The number of hydrogen-bond acceptors (Lipinski definition) is 6. The molecule has 0 spiro atoms.